The lowest BCUT2D eigenvalue weighted by Crippen LogP contribution is -2.55. The van der Waals surface area contributed by atoms with Gasteiger partial charge in [-0.25, -0.2) is 4.39 Å². The molecule has 1 fully saturated rings. The van der Waals surface area contributed by atoms with E-state index in [1.807, 2.05) is 19.2 Å². The van der Waals surface area contributed by atoms with Crippen LogP contribution in [0.5, 0.6) is 0 Å². The number of piperidine rings is 1. The van der Waals surface area contributed by atoms with E-state index in [0.29, 0.717) is 18.4 Å². The van der Waals surface area contributed by atoms with Crippen molar-refractivity contribution in [3.63, 3.8) is 0 Å². The molecule has 1 aromatic carbocycles. The van der Waals surface area contributed by atoms with E-state index in [1.54, 1.807) is 29.9 Å². The van der Waals surface area contributed by atoms with Crippen molar-refractivity contribution >= 4 is 18.3 Å². The Morgan fingerprint density at radius 3 is 2.72 bits per heavy atom. The van der Waals surface area contributed by atoms with Crippen LogP contribution < -0.4 is 10.6 Å². The quantitative estimate of drug-likeness (QED) is 0.874. The van der Waals surface area contributed by atoms with Crippen molar-refractivity contribution in [3.8, 4) is 0 Å². The van der Waals surface area contributed by atoms with E-state index >= 15 is 0 Å². The van der Waals surface area contributed by atoms with E-state index in [2.05, 4.69) is 15.7 Å². The number of amides is 1. The van der Waals surface area contributed by atoms with Gasteiger partial charge >= 0.3 is 0 Å². The summed E-state index contributed by atoms with van der Waals surface area (Å²) in [5.74, 6) is -0.272. The first-order chi connectivity index (χ1) is 11.5. The maximum atomic E-state index is 13.5. The largest absolute Gasteiger partial charge is 0.347 e. The van der Waals surface area contributed by atoms with E-state index in [9.17, 15) is 9.18 Å². The first kappa shape index (κ1) is 19.4. The maximum absolute atomic E-state index is 13.5. The molecule has 0 bridgehead atoms. The molecule has 136 valence electrons. The molecule has 1 aliphatic rings. The highest BCUT2D eigenvalue weighted by atomic mass is 35.5. The summed E-state index contributed by atoms with van der Waals surface area (Å²) in [7, 11) is 0. The predicted octanol–water partition coefficient (Wildman–Crippen LogP) is 2.71. The Hall–Kier alpha value is -1.92. The number of aromatic nitrogens is 2. The van der Waals surface area contributed by atoms with Crippen molar-refractivity contribution in [1.29, 1.82) is 0 Å². The van der Waals surface area contributed by atoms with E-state index in [-0.39, 0.29) is 30.2 Å². The van der Waals surface area contributed by atoms with Crippen molar-refractivity contribution in [1.82, 2.24) is 20.4 Å². The van der Waals surface area contributed by atoms with Crippen LogP contribution in [0.25, 0.3) is 0 Å². The van der Waals surface area contributed by atoms with Crippen LogP contribution in [0.3, 0.4) is 0 Å². The summed E-state index contributed by atoms with van der Waals surface area (Å²) in [6.45, 7) is 5.20. The van der Waals surface area contributed by atoms with Crippen molar-refractivity contribution < 1.29 is 9.18 Å². The molecule has 5 nitrogen and oxygen atoms in total. The zero-order chi connectivity index (χ0) is 17.2. The van der Waals surface area contributed by atoms with Gasteiger partial charge in [0, 0.05) is 12.4 Å². The average Bonchev–Trinajstić information content (AvgIpc) is 3.13. The number of hydrogen-bond acceptors (Lipinski definition) is 3. The molecule has 25 heavy (non-hydrogen) atoms. The number of halogens is 2. The van der Waals surface area contributed by atoms with Crippen LogP contribution in [0, 0.1) is 12.7 Å². The third-order valence-electron chi connectivity index (χ3n) is 4.83. The van der Waals surface area contributed by atoms with Crippen LogP contribution in [0.15, 0.2) is 36.7 Å². The van der Waals surface area contributed by atoms with Crippen molar-refractivity contribution in [2.45, 2.75) is 38.3 Å². The second-order valence-electron chi connectivity index (χ2n) is 6.44. The molecular weight excluding hydrogens is 343 g/mol. The third kappa shape index (κ3) is 3.85. The summed E-state index contributed by atoms with van der Waals surface area (Å²) < 4.78 is 15.2. The van der Waals surface area contributed by atoms with Gasteiger partial charge in [-0.05, 0) is 63.0 Å². The van der Waals surface area contributed by atoms with Gasteiger partial charge < -0.3 is 10.6 Å². The van der Waals surface area contributed by atoms with Gasteiger partial charge in [-0.3, -0.25) is 9.48 Å². The molecular formula is C18H24ClFN4O. The Morgan fingerprint density at radius 1 is 1.40 bits per heavy atom. The summed E-state index contributed by atoms with van der Waals surface area (Å²) in [5.41, 5.74) is 0.807. The highest BCUT2D eigenvalue weighted by molar-refractivity contribution is 5.85. The van der Waals surface area contributed by atoms with E-state index < -0.39 is 5.54 Å². The van der Waals surface area contributed by atoms with Crippen LogP contribution in [-0.2, 0) is 10.3 Å². The normalized spacial score (nSPS) is 17.4. The lowest BCUT2D eigenvalue weighted by Gasteiger charge is -2.37. The van der Waals surface area contributed by atoms with Gasteiger partial charge in [0.05, 0.1) is 6.04 Å². The van der Waals surface area contributed by atoms with Gasteiger partial charge in [0.25, 0.3) is 0 Å². The molecule has 3 rings (SSSR count). The van der Waals surface area contributed by atoms with Gasteiger partial charge in [-0.2, -0.15) is 5.10 Å². The number of carbonyl (C=O) groups excluding carboxylic acids is 1. The minimum Gasteiger partial charge on any atom is -0.347 e. The fourth-order valence-corrected chi connectivity index (χ4v) is 3.27. The Balaban J connectivity index is 0.00000225. The molecule has 0 saturated carbocycles. The fraction of sp³-hybridized carbons (Fsp3) is 0.444. The lowest BCUT2D eigenvalue weighted by atomic mass is 9.87. The molecule has 1 aromatic heterocycles. The molecule has 0 radical (unpaired) electrons. The second kappa shape index (κ2) is 7.97. The number of nitrogens with one attached hydrogen (secondary N) is 2. The third-order valence-corrected chi connectivity index (χ3v) is 4.83. The Morgan fingerprint density at radius 2 is 2.12 bits per heavy atom. The van der Waals surface area contributed by atoms with Crippen LogP contribution in [0.1, 0.15) is 36.9 Å². The summed E-state index contributed by atoms with van der Waals surface area (Å²) in [4.78, 5) is 13.1. The number of carbonyl (C=O) groups is 1. The standard InChI is InChI=1S/C18H23FN4O.ClH/c1-13-12-15(4-5-16(13)19)14(2)22-17(24)18(6-9-20-10-7-18)23-11-3-8-21-23;/h3-5,8,11-12,14,20H,6-7,9-10H2,1-2H3,(H,22,24);1H. The number of rotatable bonds is 4. The molecule has 1 saturated heterocycles. The average molecular weight is 367 g/mol. The first-order valence-corrected chi connectivity index (χ1v) is 8.31. The molecule has 2 aromatic rings. The molecule has 1 atom stereocenters. The zero-order valence-corrected chi connectivity index (χ0v) is 15.3. The van der Waals surface area contributed by atoms with Gasteiger partial charge in [0.2, 0.25) is 5.91 Å². The smallest absolute Gasteiger partial charge is 0.248 e. The Kier molecular flexibility index (Phi) is 6.19. The van der Waals surface area contributed by atoms with Gasteiger partial charge in [0.15, 0.2) is 0 Å². The second-order valence-corrected chi connectivity index (χ2v) is 6.44. The van der Waals surface area contributed by atoms with Crippen molar-refractivity contribution in [2.24, 2.45) is 0 Å². The zero-order valence-electron chi connectivity index (χ0n) is 14.5. The Bertz CT molecular complexity index is 714. The van der Waals surface area contributed by atoms with Crippen molar-refractivity contribution in [2.75, 3.05) is 13.1 Å². The van der Waals surface area contributed by atoms with E-state index in [1.165, 1.54) is 6.07 Å². The molecule has 1 unspecified atom stereocenters. The summed E-state index contributed by atoms with van der Waals surface area (Å²) in [5, 5.41) is 10.7. The summed E-state index contributed by atoms with van der Waals surface area (Å²) in [6.07, 6.45) is 4.92. The van der Waals surface area contributed by atoms with E-state index in [4.69, 9.17) is 0 Å². The first-order valence-electron chi connectivity index (χ1n) is 8.31. The number of hydrogen-bond donors (Lipinski definition) is 2. The minimum atomic E-state index is -0.669. The monoisotopic (exact) mass is 366 g/mol. The topological polar surface area (TPSA) is 59.0 Å². The number of aryl methyl sites for hydroxylation is 1. The van der Waals surface area contributed by atoms with E-state index in [0.717, 1.165) is 18.7 Å². The molecule has 0 spiro atoms. The lowest BCUT2D eigenvalue weighted by molar-refractivity contribution is -0.132. The number of nitrogens with zero attached hydrogens (tertiary/aromatic N) is 2. The highest BCUT2D eigenvalue weighted by Crippen LogP contribution is 2.28. The highest BCUT2D eigenvalue weighted by Gasteiger charge is 2.42. The summed E-state index contributed by atoms with van der Waals surface area (Å²) in [6, 6.07) is 6.59. The molecule has 0 aliphatic carbocycles. The molecule has 1 amide bonds. The predicted molar refractivity (Wildman–Crippen MR) is 97.2 cm³/mol. The summed E-state index contributed by atoms with van der Waals surface area (Å²) >= 11 is 0. The van der Waals surface area contributed by atoms with Gasteiger partial charge in [-0.1, -0.05) is 12.1 Å². The SMILES string of the molecule is Cc1cc(C(C)NC(=O)C2(n3cccn3)CCNCC2)ccc1F.Cl. The van der Waals surface area contributed by atoms with Crippen molar-refractivity contribution in [3.05, 3.63) is 53.6 Å². The Labute approximate surface area is 153 Å². The van der Waals surface area contributed by atoms with Gasteiger partial charge in [-0.15, -0.1) is 12.4 Å². The molecule has 2 N–H and O–H groups in total. The van der Waals surface area contributed by atoms with Crippen LogP contribution in [-0.4, -0.2) is 28.8 Å². The molecule has 1 aliphatic heterocycles. The van der Waals surface area contributed by atoms with Crippen LogP contribution in [0.4, 0.5) is 4.39 Å². The van der Waals surface area contributed by atoms with Crippen LogP contribution in [0.2, 0.25) is 0 Å². The number of benzene rings is 1. The molecule has 7 heteroatoms. The van der Waals surface area contributed by atoms with Gasteiger partial charge in [0.1, 0.15) is 11.4 Å². The maximum Gasteiger partial charge on any atom is 0.248 e. The fourth-order valence-electron chi connectivity index (χ4n) is 3.27. The minimum absolute atomic E-state index is 0. The van der Waals surface area contributed by atoms with Crippen LogP contribution >= 0.6 is 12.4 Å². The molecule has 2 heterocycles.